The van der Waals surface area contributed by atoms with Crippen LogP contribution < -0.4 is 5.32 Å². The lowest BCUT2D eigenvalue weighted by Gasteiger charge is -2.15. The summed E-state index contributed by atoms with van der Waals surface area (Å²) < 4.78 is 7.10. The Balaban J connectivity index is 1.62. The highest BCUT2D eigenvalue weighted by atomic mass is 16.3. The molecular weight excluding hydrogens is 292 g/mol. The highest BCUT2D eigenvalue weighted by Gasteiger charge is 2.17. The Kier molecular flexibility index (Phi) is 3.42. The summed E-state index contributed by atoms with van der Waals surface area (Å²) >= 11 is 0. The summed E-state index contributed by atoms with van der Waals surface area (Å²) in [7, 11) is 0. The summed E-state index contributed by atoms with van der Waals surface area (Å²) in [5.74, 6) is 1.71. The number of nitrogens with zero attached hydrogens (tertiary/aromatic N) is 3. The Morgan fingerprint density at radius 1 is 1.22 bits per heavy atom. The van der Waals surface area contributed by atoms with E-state index in [1.807, 2.05) is 24.3 Å². The van der Waals surface area contributed by atoms with Crippen molar-refractivity contribution in [1.29, 1.82) is 0 Å². The molecule has 1 aliphatic rings. The van der Waals surface area contributed by atoms with Crippen molar-refractivity contribution in [2.45, 2.75) is 25.8 Å². The second kappa shape index (κ2) is 5.72. The Hall–Kier alpha value is -2.89. The van der Waals surface area contributed by atoms with Crippen LogP contribution in [0.3, 0.4) is 0 Å². The topological polar surface area (TPSA) is 73.0 Å². The Labute approximate surface area is 133 Å². The van der Waals surface area contributed by atoms with E-state index in [1.54, 1.807) is 6.07 Å². The smallest absolute Gasteiger partial charge is 0.258 e. The first-order valence-corrected chi connectivity index (χ1v) is 7.67. The van der Waals surface area contributed by atoms with Gasteiger partial charge in [-0.05, 0) is 31.0 Å². The highest BCUT2D eigenvalue weighted by Crippen LogP contribution is 2.25. The molecular formula is C17H16N4O2. The van der Waals surface area contributed by atoms with E-state index >= 15 is 0 Å². The van der Waals surface area contributed by atoms with E-state index in [-0.39, 0.29) is 5.91 Å². The molecule has 3 heterocycles. The monoisotopic (exact) mass is 308 g/mol. The number of benzene rings is 1. The minimum atomic E-state index is -0.195. The zero-order valence-electron chi connectivity index (χ0n) is 12.5. The molecule has 0 unspecified atom stereocenters. The third-order valence-electron chi connectivity index (χ3n) is 4.02. The molecule has 0 aliphatic carbocycles. The molecule has 0 fully saturated rings. The largest absolute Gasteiger partial charge is 0.472 e. The molecule has 0 saturated heterocycles. The van der Waals surface area contributed by atoms with Crippen LogP contribution in [0.2, 0.25) is 0 Å². The van der Waals surface area contributed by atoms with E-state index in [4.69, 9.17) is 4.42 Å². The number of rotatable bonds is 3. The number of fused-ring (bicyclic) bond motifs is 1. The predicted octanol–water partition coefficient (Wildman–Crippen LogP) is 3.13. The summed E-state index contributed by atoms with van der Waals surface area (Å²) in [6.45, 7) is 0.948. The van der Waals surface area contributed by atoms with Gasteiger partial charge in [-0.15, -0.1) is 10.2 Å². The maximum absolute atomic E-state index is 12.1. The van der Waals surface area contributed by atoms with Crippen LogP contribution in [0.1, 0.15) is 29.0 Å². The average Bonchev–Trinajstić information content (AvgIpc) is 3.25. The fourth-order valence-corrected chi connectivity index (χ4v) is 2.85. The highest BCUT2D eigenvalue weighted by molar-refractivity contribution is 6.04. The molecule has 1 amide bonds. The van der Waals surface area contributed by atoms with Crippen molar-refractivity contribution in [3.05, 3.63) is 54.2 Å². The molecule has 0 bridgehead atoms. The molecule has 1 aromatic carbocycles. The quantitative estimate of drug-likeness (QED) is 0.807. The van der Waals surface area contributed by atoms with Crippen LogP contribution in [0.25, 0.3) is 11.4 Å². The maximum Gasteiger partial charge on any atom is 0.258 e. The van der Waals surface area contributed by atoms with Gasteiger partial charge < -0.3 is 14.3 Å². The fraction of sp³-hybridized carbons (Fsp3) is 0.235. The third kappa shape index (κ3) is 2.63. The van der Waals surface area contributed by atoms with Crippen molar-refractivity contribution in [2.24, 2.45) is 0 Å². The molecule has 2 aromatic heterocycles. The van der Waals surface area contributed by atoms with Crippen molar-refractivity contribution in [3.63, 3.8) is 0 Å². The Bertz CT molecular complexity index is 836. The molecule has 23 heavy (non-hydrogen) atoms. The van der Waals surface area contributed by atoms with Gasteiger partial charge in [0.05, 0.1) is 11.8 Å². The van der Waals surface area contributed by atoms with Crippen LogP contribution >= 0.6 is 0 Å². The number of furan rings is 1. The van der Waals surface area contributed by atoms with Crippen LogP contribution in [-0.2, 0) is 13.0 Å². The second-order valence-corrected chi connectivity index (χ2v) is 5.60. The lowest BCUT2D eigenvalue weighted by Crippen LogP contribution is -2.12. The van der Waals surface area contributed by atoms with Crippen LogP contribution in [0.5, 0.6) is 0 Å². The van der Waals surface area contributed by atoms with Crippen LogP contribution in [-0.4, -0.2) is 20.7 Å². The number of hydrogen-bond donors (Lipinski definition) is 1. The molecule has 6 nitrogen and oxygen atoms in total. The molecule has 1 aliphatic heterocycles. The van der Waals surface area contributed by atoms with E-state index in [9.17, 15) is 4.79 Å². The summed E-state index contributed by atoms with van der Waals surface area (Å²) in [4.78, 5) is 12.1. The minimum absolute atomic E-state index is 0.195. The summed E-state index contributed by atoms with van der Waals surface area (Å²) in [6, 6.07) is 9.30. The number of nitrogens with one attached hydrogen (secondary N) is 1. The maximum atomic E-state index is 12.1. The zero-order chi connectivity index (χ0) is 15.6. The molecule has 3 aromatic rings. The second-order valence-electron chi connectivity index (χ2n) is 5.60. The number of anilines is 1. The van der Waals surface area contributed by atoms with Crippen molar-refractivity contribution in [1.82, 2.24) is 14.8 Å². The van der Waals surface area contributed by atoms with Gasteiger partial charge in [0.25, 0.3) is 5.91 Å². The van der Waals surface area contributed by atoms with Gasteiger partial charge in [-0.3, -0.25) is 4.79 Å². The van der Waals surface area contributed by atoms with E-state index in [2.05, 4.69) is 20.1 Å². The van der Waals surface area contributed by atoms with Crippen molar-refractivity contribution in [2.75, 3.05) is 5.32 Å². The molecule has 0 spiro atoms. The number of aryl methyl sites for hydroxylation is 1. The SMILES string of the molecule is O=C(Nc1cccc(-c2nnc3n2CCCC3)c1)c1ccoc1. The molecule has 4 rings (SSSR count). The van der Waals surface area contributed by atoms with Gasteiger partial charge >= 0.3 is 0 Å². The lowest BCUT2D eigenvalue weighted by atomic mass is 10.1. The van der Waals surface area contributed by atoms with Gasteiger partial charge in [0, 0.05) is 24.2 Å². The molecule has 116 valence electrons. The standard InChI is InChI=1S/C17H16N4O2/c22-17(13-7-9-23-11-13)18-14-5-3-4-12(10-14)16-20-19-15-6-1-2-8-21(15)16/h3-5,7,9-11H,1-2,6,8H2,(H,18,22). The van der Waals surface area contributed by atoms with Crippen molar-refractivity contribution < 1.29 is 9.21 Å². The van der Waals surface area contributed by atoms with Crippen molar-refractivity contribution >= 4 is 11.6 Å². The predicted molar refractivity (Wildman–Crippen MR) is 85.1 cm³/mol. The minimum Gasteiger partial charge on any atom is -0.472 e. The fourth-order valence-electron chi connectivity index (χ4n) is 2.85. The normalized spacial score (nSPS) is 13.6. The summed E-state index contributed by atoms with van der Waals surface area (Å²) in [5.41, 5.74) is 2.17. The summed E-state index contributed by atoms with van der Waals surface area (Å²) in [6.07, 6.45) is 6.19. The molecule has 0 saturated carbocycles. The average molecular weight is 308 g/mol. The van der Waals surface area contributed by atoms with Gasteiger partial charge in [0.2, 0.25) is 0 Å². The van der Waals surface area contributed by atoms with Crippen LogP contribution in [0.4, 0.5) is 5.69 Å². The first-order valence-electron chi connectivity index (χ1n) is 7.67. The van der Waals surface area contributed by atoms with E-state index in [0.717, 1.165) is 42.3 Å². The number of carbonyl (C=O) groups excluding carboxylic acids is 1. The lowest BCUT2D eigenvalue weighted by molar-refractivity contribution is 0.102. The van der Waals surface area contributed by atoms with E-state index in [0.29, 0.717) is 5.56 Å². The molecule has 0 radical (unpaired) electrons. The number of amides is 1. The zero-order valence-corrected chi connectivity index (χ0v) is 12.5. The van der Waals surface area contributed by atoms with Gasteiger partial charge in [-0.2, -0.15) is 0 Å². The number of aromatic nitrogens is 3. The number of hydrogen-bond acceptors (Lipinski definition) is 4. The van der Waals surface area contributed by atoms with E-state index < -0.39 is 0 Å². The summed E-state index contributed by atoms with van der Waals surface area (Å²) in [5, 5.41) is 11.5. The first kappa shape index (κ1) is 13.8. The third-order valence-corrected chi connectivity index (χ3v) is 4.02. The van der Waals surface area contributed by atoms with Gasteiger partial charge in [0.15, 0.2) is 5.82 Å². The molecule has 0 atom stereocenters. The first-order chi connectivity index (χ1) is 11.3. The van der Waals surface area contributed by atoms with Crippen molar-refractivity contribution in [3.8, 4) is 11.4 Å². The Morgan fingerprint density at radius 2 is 2.17 bits per heavy atom. The van der Waals surface area contributed by atoms with Gasteiger partial charge in [-0.25, -0.2) is 0 Å². The van der Waals surface area contributed by atoms with Crippen LogP contribution in [0.15, 0.2) is 47.3 Å². The van der Waals surface area contributed by atoms with E-state index in [1.165, 1.54) is 18.9 Å². The Morgan fingerprint density at radius 3 is 3.04 bits per heavy atom. The molecule has 1 N–H and O–H groups in total. The van der Waals surface area contributed by atoms with Crippen LogP contribution in [0, 0.1) is 0 Å². The number of carbonyl (C=O) groups is 1. The molecule has 6 heteroatoms. The van der Waals surface area contributed by atoms with Gasteiger partial charge in [0.1, 0.15) is 12.1 Å². The van der Waals surface area contributed by atoms with Gasteiger partial charge in [-0.1, -0.05) is 12.1 Å².